The van der Waals surface area contributed by atoms with E-state index in [0.29, 0.717) is 12.5 Å². The minimum absolute atomic E-state index is 0.0411. The molecule has 0 spiro atoms. The van der Waals surface area contributed by atoms with E-state index in [9.17, 15) is 4.79 Å². The first kappa shape index (κ1) is 8.48. The highest BCUT2D eigenvalue weighted by atomic mass is 79.9. The number of rotatable bonds is 1. The summed E-state index contributed by atoms with van der Waals surface area (Å²) in [5.74, 6) is 0.380. The number of halogens is 1. The van der Waals surface area contributed by atoms with Gasteiger partial charge in [-0.1, -0.05) is 28.1 Å². The molecule has 1 aliphatic carbocycles. The zero-order chi connectivity index (χ0) is 9.76. The van der Waals surface area contributed by atoms with Gasteiger partial charge in [-0.25, -0.2) is 0 Å². The zero-order valence-electron chi connectivity index (χ0n) is 7.50. The molecule has 72 valence electrons. The van der Waals surface area contributed by atoms with Crippen molar-refractivity contribution in [1.82, 2.24) is 0 Å². The standard InChI is InChI=1S/C11H9BrO2/c12-9-3-1-2-7(4-9)11-5-8(11)6-14-10(11)13/h1-4,8H,5-6H2/t8-,11-/m1/s1. The van der Waals surface area contributed by atoms with E-state index in [2.05, 4.69) is 15.9 Å². The van der Waals surface area contributed by atoms with Gasteiger partial charge >= 0.3 is 5.97 Å². The molecule has 1 aromatic carbocycles. The van der Waals surface area contributed by atoms with Crippen LogP contribution in [0.1, 0.15) is 12.0 Å². The number of ether oxygens (including phenoxy) is 1. The zero-order valence-corrected chi connectivity index (χ0v) is 9.08. The number of carbonyl (C=O) groups is 1. The molecule has 0 aromatic heterocycles. The fourth-order valence-corrected chi connectivity index (χ4v) is 2.72. The predicted molar refractivity (Wildman–Crippen MR) is 54.9 cm³/mol. The molecule has 0 amide bonds. The molecule has 2 aliphatic rings. The summed E-state index contributed by atoms with van der Waals surface area (Å²) in [7, 11) is 0. The molecule has 0 radical (unpaired) electrons. The van der Waals surface area contributed by atoms with E-state index in [1.54, 1.807) is 0 Å². The first-order valence-corrected chi connectivity index (χ1v) is 5.46. The van der Waals surface area contributed by atoms with Gasteiger partial charge in [0.25, 0.3) is 0 Å². The van der Waals surface area contributed by atoms with Gasteiger partial charge in [-0.15, -0.1) is 0 Å². The monoisotopic (exact) mass is 252 g/mol. The Balaban J connectivity index is 2.08. The lowest BCUT2D eigenvalue weighted by atomic mass is 9.95. The molecular formula is C11H9BrO2. The van der Waals surface area contributed by atoms with Crippen molar-refractivity contribution in [2.45, 2.75) is 11.8 Å². The third-order valence-corrected chi connectivity index (χ3v) is 3.72. The van der Waals surface area contributed by atoms with Gasteiger partial charge in [0.2, 0.25) is 0 Å². The summed E-state index contributed by atoms with van der Waals surface area (Å²) in [5.41, 5.74) is 0.809. The maximum absolute atomic E-state index is 11.6. The molecule has 0 N–H and O–H groups in total. The van der Waals surface area contributed by atoms with Crippen LogP contribution in [0.25, 0.3) is 0 Å². The molecule has 1 aromatic rings. The molecule has 3 heteroatoms. The lowest BCUT2D eigenvalue weighted by molar-refractivity contribution is -0.142. The molecule has 1 saturated heterocycles. The quantitative estimate of drug-likeness (QED) is 0.717. The second kappa shape index (κ2) is 2.60. The summed E-state index contributed by atoms with van der Waals surface area (Å²) >= 11 is 3.42. The average molecular weight is 253 g/mol. The van der Waals surface area contributed by atoms with Crippen LogP contribution in [-0.2, 0) is 14.9 Å². The van der Waals surface area contributed by atoms with Crippen molar-refractivity contribution >= 4 is 21.9 Å². The summed E-state index contributed by atoms with van der Waals surface area (Å²) in [6.07, 6.45) is 0.961. The Morgan fingerprint density at radius 2 is 2.36 bits per heavy atom. The number of carbonyl (C=O) groups excluding carboxylic acids is 1. The second-order valence-corrected chi connectivity index (χ2v) is 4.90. The van der Waals surface area contributed by atoms with Gasteiger partial charge in [0.15, 0.2) is 0 Å². The molecule has 14 heavy (non-hydrogen) atoms. The first-order valence-electron chi connectivity index (χ1n) is 4.67. The minimum atomic E-state index is -0.288. The highest BCUT2D eigenvalue weighted by molar-refractivity contribution is 9.10. The van der Waals surface area contributed by atoms with Crippen molar-refractivity contribution in [3.63, 3.8) is 0 Å². The van der Waals surface area contributed by atoms with Gasteiger partial charge in [0.1, 0.15) is 0 Å². The normalized spacial score (nSPS) is 33.8. The molecule has 3 rings (SSSR count). The summed E-state index contributed by atoms with van der Waals surface area (Å²) in [5, 5.41) is 0. The van der Waals surface area contributed by atoms with E-state index in [1.165, 1.54) is 0 Å². The number of hydrogen-bond donors (Lipinski definition) is 0. The first-order chi connectivity index (χ1) is 6.73. The van der Waals surface area contributed by atoms with Crippen LogP contribution in [0.5, 0.6) is 0 Å². The number of hydrogen-bond acceptors (Lipinski definition) is 2. The van der Waals surface area contributed by atoms with Gasteiger partial charge < -0.3 is 4.74 Å². The van der Waals surface area contributed by atoms with E-state index in [0.717, 1.165) is 16.5 Å². The van der Waals surface area contributed by atoms with Crippen LogP contribution in [0.2, 0.25) is 0 Å². The molecule has 1 aliphatic heterocycles. The number of fused-ring (bicyclic) bond motifs is 1. The average Bonchev–Trinajstić information content (AvgIpc) is 2.83. The highest BCUT2D eigenvalue weighted by Gasteiger charge is 2.66. The molecule has 0 unspecified atom stereocenters. The molecule has 2 atom stereocenters. The Labute approximate surface area is 90.4 Å². The van der Waals surface area contributed by atoms with Crippen LogP contribution in [-0.4, -0.2) is 12.6 Å². The molecule has 0 bridgehead atoms. The molecule has 2 fully saturated rings. The van der Waals surface area contributed by atoms with Crippen molar-refractivity contribution in [2.75, 3.05) is 6.61 Å². The van der Waals surface area contributed by atoms with E-state index >= 15 is 0 Å². The Hall–Kier alpha value is -0.830. The third-order valence-electron chi connectivity index (χ3n) is 3.22. The van der Waals surface area contributed by atoms with Crippen molar-refractivity contribution < 1.29 is 9.53 Å². The van der Waals surface area contributed by atoms with Crippen molar-refractivity contribution in [2.24, 2.45) is 5.92 Å². The summed E-state index contributed by atoms with van der Waals surface area (Å²) in [6.45, 7) is 0.603. The summed E-state index contributed by atoms with van der Waals surface area (Å²) in [6, 6.07) is 7.97. The lowest BCUT2D eigenvalue weighted by Gasteiger charge is -2.09. The highest BCUT2D eigenvalue weighted by Crippen LogP contribution is 2.59. The maximum atomic E-state index is 11.6. The number of benzene rings is 1. The van der Waals surface area contributed by atoms with E-state index in [1.807, 2.05) is 24.3 Å². The van der Waals surface area contributed by atoms with Crippen LogP contribution < -0.4 is 0 Å². The lowest BCUT2D eigenvalue weighted by Crippen LogP contribution is -2.18. The van der Waals surface area contributed by atoms with Crippen molar-refractivity contribution in [1.29, 1.82) is 0 Å². The minimum Gasteiger partial charge on any atom is -0.465 e. The van der Waals surface area contributed by atoms with Gasteiger partial charge in [0, 0.05) is 10.4 Å². The van der Waals surface area contributed by atoms with Crippen molar-refractivity contribution in [3.05, 3.63) is 34.3 Å². The van der Waals surface area contributed by atoms with Gasteiger partial charge in [-0.3, -0.25) is 4.79 Å². The van der Waals surface area contributed by atoms with Crippen LogP contribution in [0.3, 0.4) is 0 Å². The molecular weight excluding hydrogens is 244 g/mol. The van der Waals surface area contributed by atoms with Crippen LogP contribution in [0.15, 0.2) is 28.7 Å². The fourth-order valence-electron chi connectivity index (χ4n) is 2.32. The Bertz CT molecular complexity index is 416. The Kier molecular flexibility index (Phi) is 1.57. The third kappa shape index (κ3) is 0.934. The summed E-state index contributed by atoms with van der Waals surface area (Å²) < 4.78 is 6.08. The fraction of sp³-hybridized carbons (Fsp3) is 0.364. The topological polar surface area (TPSA) is 26.3 Å². The van der Waals surface area contributed by atoms with Gasteiger partial charge in [-0.05, 0) is 24.1 Å². The summed E-state index contributed by atoms with van der Waals surface area (Å²) in [4.78, 5) is 11.6. The van der Waals surface area contributed by atoms with E-state index < -0.39 is 0 Å². The van der Waals surface area contributed by atoms with Crippen LogP contribution in [0.4, 0.5) is 0 Å². The van der Waals surface area contributed by atoms with Crippen molar-refractivity contribution in [3.8, 4) is 0 Å². The molecule has 1 heterocycles. The number of esters is 1. The van der Waals surface area contributed by atoms with E-state index in [4.69, 9.17) is 4.74 Å². The maximum Gasteiger partial charge on any atom is 0.317 e. The Morgan fingerprint density at radius 1 is 1.50 bits per heavy atom. The second-order valence-electron chi connectivity index (χ2n) is 3.98. The van der Waals surface area contributed by atoms with Gasteiger partial charge in [0.05, 0.1) is 12.0 Å². The van der Waals surface area contributed by atoms with Gasteiger partial charge in [-0.2, -0.15) is 0 Å². The van der Waals surface area contributed by atoms with Crippen LogP contribution >= 0.6 is 15.9 Å². The smallest absolute Gasteiger partial charge is 0.317 e. The predicted octanol–water partition coefficient (Wildman–Crippen LogP) is 2.26. The van der Waals surface area contributed by atoms with E-state index in [-0.39, 0.29) is 11.4 Å². The number of cyclic esters (lactones) is 1. The largest absolute Gasteiger partial charge is 0.465 e. The molecule has 1 saturated carbocycles. The Morgan fingerprint density at radius 3 is 2.93 bits per heavy atom. The van der Waals surface area contributed by atoms with Crippen LogP contribution in [0, 0.1) is 5.92 Å². The molecule has 2 nitrogen and oxygen atoms in total. The SMILES string of the molecule is O=C1OC[C@H]2C[C@]12c1cccc(Br)c1.